The van der Waals surface area contributed by atoms with Crippen molar-refractivity contribution in [1.29, 1.82) is 0 Å². The van der Waals surface area contributed by atoms with E-state index in [-0.39, 0.29) is 12.4 Å². The number of nitrogens with zero attached hydrogens (tertiary/aromatic N) is 3. The van der Waals surface area contributed by atoms with E-state index in [4.69, 9.17) is 9.47 Å². The van der Waals surface area contributed by atoms with Gasteiger partial charge in [0.25, 0.3) is 0 Å². The summed E-state index contributed by atoms with van der Waals surface area (Å²) in [6, 6.07) is 16.0. The van der Waals surface area contributed by atoms with E-state index in [0.29, 0.717) is 25.2 Å². The van der Waals surface area contributed by atoms with Gasteiger partial charge in [0.2, 0.25) is 0 Å². The number of benzene rings is 2. The lowest BCUT2D eigenvalue weighted by Crippen LogP contribution is -2.47. The number of aliphatic hydroxyl groups is 1. The molecule has 1 N–H and O–H groups in total. The van der Waals surface area contributed by atoms with Gasteiger partial charge in [0.1, 0.15) is 29.5 Å². The molecule has 0 spiro atoms. The van der Waals surface area contributed by atoms with E-state index in [9.17, 15) is 9.50 Å². The summed E-state index contributed by atoms with van der Waals surface area (Å²) in [6.07, 6.45) is 5.91. The van der Waals surface area contributed by atoms with Crippen LogP contribution in [0.4, 0.5) is 4.39 Å². The standard InChI is InChI=1S/C25H30FN3O3/c26-22-6-8-23(9-7-22)32-20-25(30)10-15-28(16-11-25)19-21-4-1-5-24(18-21)31-17-3-14-29-13-2-12-27-29/h1-2,4-9,12-13,18,30H,3,10-11,14-17,19-20H2. The number of hydrogen-bond acceptors (Lipinski definition) is 5. The summed E-state index contributed by atoms with van der Waals surface area (Å²) >= 11 is 0. The first-order chi connectivity index (χ1) is 15.6. The van der Waals surface area contributed by atoms with Crippen LogP contribution in [0.5, 0.6) is 11.5 Å². The Hall–Kier alpha value is -2.90. The molecule has 1 fully saturated rings. The molecule has 6 nitrogen and oxygen atoms in total. The van der Waals surface area contributed by atoms with Gasteiger partial charge in [-0.1, -0.05) is 12.1 Å². The quantitative estimate of drug-likeness (QED) is 0.486. The molecule has 0 unspecified atom stereocenters. The van der Waals surface area contributed by atoms with Gasteiger partial charge in [-0.2, -0.15) is 5.10 Å². The molecule has 3 aromatic rings. The second-order valence-electron chi connectivity index (χ2n) is 8.36. The highest BCUT2D eigenvalue weighted by Gasteiger charge is 2.33. The summed E-state index contributed by atoms with van der Waals surface area (Å²) in [4.78, 5) is 2.34. The Morgan fingerprint density at radius 1 is 1.00 bits per heavy atom. The van der Waals surface area contributed by atoms with Gasteiger partial charge in [0, 0.05) is 45.0 Å². The Labute approximate surface area is 188 Å². The van der Waals surface area contributed by atoms with Crippen molar-refractivity contribution in [3.63, 3.8) is 0 Å². The molecule has 1 saturated heterocycles. The molecule has 32 heavy (non-hydrogen) atoms. The molecule has 4 rings (SSSR count). The summed E-state index contributed by atoms with van der Waals surface area (Å²) in [5, 5.41) is 15.0. The van der Waals surface area contributed by atoms with Crippen LogP contribution in [0.25, 0.3) is 0 Å². The van der Waals surface area contributed by atoms with E-state index in [1.54, 1.807) is 18.3 Å². The lowest BCUT2D eigenvalue weighted by molar-refractivity contribution is -0.0537. The highest BCUT2D eigenvalue weighted by Crippen LogP contribution is 2.25. The number of likely N-dealkylation sites (tertiary alicyclic amines) is 1. The van der Waals surface area contributed by atoms with E-state index in [2.05, 4.69) is 22.1 Å². The molecule has 1 aliphatic rings. The molecule has 170 valence electrons. The average Bonchev–Trinajstić information content (AvgIpc) is 3.32. The van der Waals surface area contributed by atoms with Crippen LogP contribution in [-0.4, -0.2) is 51.7 Å². The molecule has 0 bridgehead atoms. The normalized spacial score (nSPS) is 16.1. The number of aryl methyl sites for hydroxylation is 1. The molecule has 1 aliphatic heterocycles. The van der Waals surface area contributed by atoms with Gasteiger partial charge in [-0.3, -0.25) is 9.58 Å². The zero-order valence-electron chi connectivity index (χ0n) is 18.2. The number of halogens is 1. The van der Waals surface area contributed by atoms with Gasteiger partial charge >= 0.3 is 0 Å². The van der Waals surface area contributed by atoms with Gasteiger partial charge < -0.3 is 14.6 Å². The summed E-state index contributed by atoms with van der Waals surface area (Å²) in [5.41, 5.74) is 0.340. The second-order valence-corrected chi connectivity index (χ2v) is 8.36. The minimum Gasteiger partial charge on any atom is -0.494 e. The van der Waals surface area contributed by atoms with Crippen molar-refractivity contribution >= 4 is 0 Å². The first-order valence-corrected chi connectivity index (χ1v) is 11.1. The van der Waals surface area contributed by atoms with Crippen molar-refractivity contribution in [2.24, 2.45) is 0 Å². The van der Waals surface area contributed by atoms with Gasteiger partial charge in [-0.25, -0.2) is 4.39 Å². The molecule has 1 aromatic heterocycles. The largest absolute Gasteiger partial charge is 0.494 e. The fourth-order valence-electron chi connectivity index (χ4n) is 3.86. The molecule has 0 amide bonds. The smallest absolute Gasteiger partial charge is 0.123 e. The molecule has 0 radical (unpaired) electrons. The topological polar surface area (TPSA) is 59.8 Å². The van der Waals surface area contributed by atoms with Crippen molar-refractivity contribution < 1.29 is 19.0 Å². The number of rotatable bonds is 10. The summed E-state index contributed by atoms with van der Waals surface area (Å²) < 4.78 is 26.5. The zero-order valence-corrected chi connectivity index (χ0v) is 18.2. The molecule has 0 saturated carbocycles. The summed E-state index contributed by atoms with van der Waals surface area (Å²) in [7, 11) is 0. The Balaban J connectivity index is 1.19. The Kier molecular flexibility index (Phi) is 7.39. The third kappa shape index (κ3) is 6.55. The van der Waals surface area contributed by atoms with Crippen LogP contribution in [0.1, 0.15) is 24.8 Å². The van der Waals surface area contributed by atoms with Crippen molar-refractivity contribution in [3.05, 3.63) is 78.4 Å². The first kappa shape index (κ1) is 22.3. The summed E-state index contributed by atoms with van der Waals surface area (Å²) in [5.74, 6) is 1.15. The van der Waals surface area contributed by atoms with E-state index >= 15 is 0 Å². The van der Waals surface area contributed by atoms with E-state index in [1.807, 2.05) is 29.1 Å². The average molecular weight is 440 g/mol. The van der Waals surface area contributed by atoms with Gasteiger partial charge in [-0.05, 0) is 60.9 Å². The molecule has 0 atom stereocenters. The Morgan fingerprint density at radius 2 is 1.81 bits per heavy atom. The van der Waals surface area contributed by atoms with Crippen molar-refractivity contribution in [3.8, 4) is 11.5 Å². The maximum atomic E-state index is 13.0. The van der Waals surface area contributed by atoms with Gasteiger partial charge in [0.15, 0.2) is 0 Å². The zero-order chi connectivity index (χ0) is 22.2. The van der Waals surface area contributed by atoms with Crippen molar-refractivity contribution in [2.45, 2.75) is 38.0 Å². The molecular weight excluding hydrogens is 409 g/mol. The van der Waals surface area contributed by atoms with Crippen LogP contribution in [0.2, 0.25) is 0 Å². The van der Waals surface area contributed by atoms with Crippen molar-refractivity contribution in [2.75, 3.05) is 26.3 Å². The van der Waals surface area contributed by atoms with Crippen molar-refractivity contribution in [1.82, 2.24) is 14.7 Å². The lowest BCUT2D eigenvalue weighted by Gasteiger charge is -2.38. The molecule has 0 aliphatic carbocycles. The minimum atomic E-state index is -0.857. The van der Waals surface area contributed by atoms with Crippen LogP contribution >= 0.6 is 0 Å². The first-order valence-electron chi connectivity index (χ1n) is 11.1. The van der Waals surface area contributed by atoms with Crippen LogP contribution in [0, 0.1) is 5.82 Å². The van der Waals surface area contributed by atoms with Crippen LogP contribution in [-0.2, 0) is 13.1 Å². The number of hydrogen-bond donors (Lipinski definition) is 1. The maximum Gasteiger partial charge on any atom is 0.123 e. The third-order valence-corrected chi connectivity index (χ3v) is 5.77. The fraction of sp³-hybridized carbons (Fsp3) is 0.400. The van der Waals surface area contributed by atoms with Crippen LogP contribution in [0.15, 0.2) is 67.0 Å². The molecular formula is C25H30FN3O3. The van der Waals surface area contributed by atoms with E-state index in [0.717, 1.165) is 38.3 Å². The van der Waals surface area contributed by atoms with Gasteiger partial charge in [0.05, 0.1) is 6.61 Å². The monoisotopic (exact) mass is 439 g/mol. The van der Waals surface area contributed by atoms with E-state index in [1.165, 1.54) is 17.7 Å². The van der Waals surface area contributed by atoms with E-state index < -0.39 is 5.60 Å². The van der Waals surface area contributed by atoms with Crippen LogP contribution in [0.3, 0.4) is 0 Å². The second kappa shape index (κ2) is 10.6. The fourth-order valence-corrected chi connectivity index (χ4v) is 3.86. The number of ether oxygens (including phenoxy) is 2. The number of piperidine rings is 1. The lowest BCUT2D eigenvalue weighted by atomic mass is 9.92. The molecule has 2 heterocycles. The minimum absolute atomic E-state index is 0.217. The Morgan fingerprint density at radius 3 is 2.56 bits per heavy atom. The SMILES string of the molecule is OC1(COc2ccc(F)cc2)CCN(Cc2cccc(OCCCn3cccn3)c2)CC1. The maximum absolute atomic E-state index is 13.0. The highest BCUT2D eigenvalue weighted by atomic mass is 19.1. The molecule has 2 aromatic carbocycles. The third-order valence-electron chi connectivity index (χ3n) is 5.77. The van der Waals surface area contributed by atoms with Crippen LogP contribution < -0.4 is 9.47 Å². The summed E-state index contributed by atoms with van der Waals surface area (Å²) in [6.45, 7) is 4.10. The Bertz CT molecular complexity index is 955. The number of aromatic nitrogens is 2. The van der Waals surface area contributed by atoms with Gasteiger partial charge in [-0.15, -0.1) is 0 Å². The predicted octanol–water partition coefficient (Wildman–Crippen LogP) is 3.90. The predicted molar refractivity (Wildman–Crippen MR) is 120 cm³/mol. The molecule has 7 heteroatoms. The highest BCUT2D eigenvalue weighted by molar-refractivity contribution is 5.28.